The number of nitro groups is 1. The van der Waals surface area contributed by atoms with E-state index in [2.05, 4.69) is 27.9 Å². The zero-order valence-electron chi connectivity index (χ0n) is 18.2. The van der Waals surface area contributed by atoms with Gasteiger partial charge in [-0.05, 0) is 64.9 Å². The minimum atomic E-state index is -0.755. The number of anilines is 1. The molecule has 8 nitrogen and oxygen atoms in total. The standard InChI is InChI=1S/C25H20IN3O5/c1-2-33-23-14-18(13-20(26)24(23)34-16-17-8-4-3-5-9-17)12-19(15-27)25(30)28-21-10-6-7-11-22(21)29(31)32/h3-14H,2,16H2,1H3,(H,28,30)/b19-12+. The zero-order chi connectivity index (χ0) is 24.5. The van der Waals surface area contributed by atoms with Crippen molar-refractivity contribution < 1.29 is 19.2 Å². The molecular weight excluding hydrogens is 549 g/mol. The van der Waals surface area contributed by atoms with Gasteiger partial charge in [0.05, 0.1) is 15.1 Å². The van der Waals surface area contributed by atoms with Crippen molar-refractivity contribution in [3.63, 3.8) is 0 Å². The average Bonchev–Trinajstić information content (AvgIpc) is 2.83. The Balaban J connectivity index is 1.87. The minimum absolute atomic E-state index is 0.00731. The molecule has 1 N–H and O–H groups in total. The van der Waals surface area contributed by atoms with Gasteiger partial charge >= 0.3 is 0 Å². The van der Waals surface area contributed by atoms with Gasteiger partial charge in [0, 0.05) is 6.07 Å². The van der Waals surface area contributed by atoms with Crippen LogP contribution in [0.3, 0.4) is 0 Å². The fourth-order valence-electron chi connectivity index (χ4n) is 3.05. The van der Waals surface area contributed by atoms with Crippen LogP contribution in [0.25, 0.3) is 6.08 Å². The van der Waals surface area contributed by atoms with Gasteiger partial charge in [0.15, 0.2) is 11.5 Å². The minimum Gasteiger partial charge on any atom is -0.490 e. The normalized spacial score (nSPS) is 10.8. The fourth-order valence-corrected chi connectivity index (χ4v) is 3.83. The average molecular weight is 569 g/mol. The van der Waals surface area contributed by atoms with E-state index in [-0.39, 0.29) is 16.9 Å². The number of hydrogen-bond acceptors (Lipinski definition) is 6. The highest BCUT2D eigenvalue weighted by Crippen LogP contribution is 2.35. The number of rotatable bonds is 9. The summed E-state index contributed by atoms with van der Waals surface area (Å²) in [7, 11) is 0. The van der Waals surface area contributed by atoms with Crippen LogP contribution in [0.5, 0.6) is 11.5 Å². The van der Waals surface area contributed by atoms with E-state index in [0.29, 0.717) is 30.3 Å². The second-order valence-electron chi connectivity index (χ2n) is 6.94. The Morgan fingerprint density at radius 1 is 1.15 bits per heavy atom. The maximum absolute atomic E-state index is 12.7. The summed E-state index contributed by atoms with van der Waals surface area (Å²) in [4.78, 5) is 23.3. The first-order chi connectivity index (χ1) is 16.4. The number of carbonyl (C=O) groups is 1. The topological polar surface area (TPSA) is 114 Å². The highest BCUT2D eigenvalue weighted by atomic mass is 127. The lowest BCUT2D eigenvalue weighted by atomic mass is 10.1. The summed E-state index contributed by atoms with van der Waals surface area (Å²) in [5.41, 5.74) is 1.08. The van der Waals surface area contributed by atoms with Gasteiger partial charge in [-0.3, -0.25) is 14.9 Å². The molecule has 0 spiro atoms. The van der Waals surface area contributed by atoms with Crippen LogP contribution in [0.15, 0.2) is 72.3 Å². The Kier molecular flexibility index (Phi) is 8.59. The Morgan fingerprint density at radius 2 is 1.85 bits per heavy atom. The van der Waals surface area contributed by atoms with E-state index in [1.54, 1.807) is 18.2 Å². The molecule has 1 amide bonds. The number of halogens is 1. The van der Waals surface area contributed by atoms with Gasteiger partial charge in [-0.15, -0.1) is 0 Å². The predicted molar refractivity (Wildman–Crippen MR) is 136 cm³/mol. The Morgan fingerprint density at radius 3 is 2.53 bits per heavy atom. The molecule has 3 aromatic carbocycles. The van der Waals surface area contributed by atoms with Gasteiger partial charge in [0.25, 0.3) is 11.6 Å². The van der Waals surface area contributed by atoms with Crippen LogP contribution >= 0.6 is 22.6 Å². The summed E-state index contributed by atoms with van der Waals surface area (Å²) in [6.45, 7) is 2.60. The monoisotopic (exact) mass is 569 g/mol. The first kappa shape index (κ1) is 24.7. The Labute approximate surface area is 210 Å². The van der Waals surface area contributed by atoms with Crippen LogP contribution < -0.4 is 14.8 Å². The molecule has 0 saturated carbocycles. The van der Waals surface area contributed by atoms with Crippen LogP contribution in [0, 0.1) is 25.0 Å². The van der Waals surface area contributed by atoms with Crippen LogP contribution in [-0.2, 0) is 11.4 Å². The molecule has 34 heavy (non-hydrogen) atoms. The summed E-state index contributed by atoms with van der Waals surface area (Å²) in [6, 6.07) is 20.7. The number of hydrogen-bond donors (Lipinski definition) is 1. The van der Waals surface area contributed by atoms with Crippen molar-refractivity contribution in [2.24, 2.45) is 0 Å². The number of amides is 1. The molecule has 0 aliphatic heterocycles. The molecule has 0 unspecified atom stereocenters. The van der Waals surface area contributed by atoms with E-state index in [4.69, 9.17) is 9.47 Å². The molecule has 0 aliphatic rings. The van der Waals surface area contributed by atoms with Gasteiger partial charge in [-0.1, -0.05) is 42.5 Å². The van der Waals surface area contributed by atoms with Crippen molar-refractivity contribution in [2.45, 2.75) is 13.5 Å². The third-order valence-electron chi connectivity index (χ3n) is 4.58. The number of ether oxygens (including phenoxy) is 2. The number of nitrogens with one attached hydrogen (secondary N) is 1. The smallest absolute Gasteiger partial charge is 0.292 e. The van der Waals surface area contributed by atoms with Gasteiger partial charge in [0.1, 0.15) is 23.9 Å². The van der Waals surface area contributed by atoms with Crippen LogP contribution in [0.2, 0.25) is 0 Å². The molecule has 3 rings (SSSR count). The van der Waals surface area contributed by atoms with E-state index in [1.165, 1.54) is 24.3 Å². The molecule has 0 aliphatic carbocycles. The maximum atomic E-state index is 12.7. The molecule has 9 heteroatoms. The summed E-state index contributed by atoms with van der Waals surface area (Å²) < 4.78 is 12.5. The van der Waals surface area contributed by atoms with Gasteiger partial charge in [0.2, 0.25) is 0 Å². The first-order valence-corrected chi connectivity index (χ1v) is 11.3. The molecule has 0 fully saturated rings. The molecule has 0 saturated heterocycles. The van der Waals surface area contributed by atoms with Crippen LogP contribution in [-0.4, -0.2) is 17.4 Å². The van der Waals surface area contributed by atoms with Crippen molar-refractivity contribution in [3.8, 4) is 17.6 Å². The molecular formula is C25H20IN3O5. The number of nitrogens with zero attached hydrogens (tertiary/aromatic N) is 2. The molecule has 0 bridgehead atoms. The first-order valence-electron chi connectivity index (χ1n) is 10.2. The molecule has 0 aromatic heterocycles. The number of para-hydroxylation sites is 2. The molecule has 0 atom stereocenters. The van der Waals surface area contributed by atoms with Crippen molar-refractivity contribution in [2.75, 3.05) is 11.9 Å². The predicted octanol–water partition coefficient (Wildman–Crippen LogP) is 5.72. The number of benzene rings is 3. The lowest BCUT2D eigenvalue weighted by Crippen LogP contribution is -2.14. The van der Waals surface area contributed by atoms with E-state index in [1.807, 2.05) is 43.3 Å². The zero-order valence-corrected chi connectivity index (χ0v) is 20.3. The molecule has 172 valence electrons. The summed E-state index contributed by atoms with van der Waals surface area (Å²) in [6.07, 6.45) is 1.40. The van der Waals surface area contributed by atoms with E-state index < -0.39 is 10.8 Å². The van der Waals surface area contributed by atoms with Gasteiger partial charge < -0.3 is 14.8 Å². The van der Waals surface area contributed by atoms with Crippen molar-refractivity contribution in [1.29, 1.82) is 5.26 Å². The third-order valence-corrected chi connectivity index (χ3v) is 5.38. The Bertz CT molecular complexity index is 1270. The highest BCUT2D eigenvalue weighted by Gasteiger charge is 2.18. The van der Waals surface area contributed by atoms with E-state index in [9.17, 15) is 20.2 Å². The SMILES string of the molecule is CCOc1cc(/C=C(\C#N)C(=O)Nc2ccccc2[N+](=O)[O-])cc(I)c1OCc1ccccc1. The number of carbonyl (C=O) groups excluding carboxylic acids is 1. The Hall–Kier alpha value is -3.91. The van der Waals surface area contributed by atoms with Crippen LogP contribution in [0.4, 0.5) is 11.4 Å². The molecule has 0 radical (unpaired) electrons. The lowest BCUT2D eigenvalue weighted by Gasteiger charge is -2.15. The lowest BCUT2D eigenvalue weighted by molar-refractivity contribution is -0.383. The summed E-state index contributed by atoms with van der Waals surface area (Å²) >= 11 is 2.11. The van der Waals surface area contributed by atoms with E-state index >= 15 is 0 Å². The molecule has 0 heterocycles. The van der Waals surface area contributed by atoms with Crippen molar-refractivity contribution in [1.82, 2.24) is 0 Å². The molecule has 3 aromatic rings. The summed E-state index contributed by atoms with van der Waals surface area (Å²) in [5.74, 6) is 0.286. The van der Waals surface area contributed by atoms with E-state index in [0.717, 1.165) is 9.13 Å². The highest BCUT2D eigenvalue weighted by molar-refractivity contribution is 14.1. The number of nitriles is 1. The third kappa shape index (κ3) is 6.32. The second kappa shape index (κ2) is 11.8. The number of nitro benzene ring substituents is 1. The van der Waals surface area contributed by atoms with Crippen molar-refractivity contribution in [3.05, 3.63) is 97.1 Å². The fraction of sp³-hybridized carbons (Fsp3) is 0.120. The van der Waals surface area contributed by atoms with Crippen molar-refractivity contribution >= 4 is 45.9 Å². The summed E-state index contributed by atoms with van der Waals surface area (Å²) in [5, 5.41) is 23.2. The maximum Gasteiger partial charge on any atom is 0.292 e. The second-order valence-corrected chi connectivity index (χ2v) is 8.10. The quantitative estimate of drug-likeness (QED) is 0.116. The van der Waals surface area contributed by atoms with Gasteiger partial charge in [-0.25, -0.2) is 0 Å². The van der Waals surface area contributed by atoms with Crippen LogP contribution in [0.1, 0.15) is 18.1 Å². The van der Waals surface area contributed by atoms with Gasteiger partial charge in [-0.2, -0.15) is 5.26 Å². The largest absolute Gasteiger partial charge is 0.490 e.